The van der Waals surface area contributed by atoms with E-state index in [0.29, 0.717) is 27.9 Å². The van der Waals surface area contributed by atoms with E-state index < -0.39 is 13.4 Å². The summed E-state index contributed by atoms with van der Waals surface area (Å²) in [5, 5.41) is 12.7. The number of anilines is 1. The van der Waals surface area contributed by atoms with E-state index in [2.05, 4.69) is 15.5 Å². The predicted molar refractivity (Wildman–Crippen MR) is 126 cm³/mol. The van der Waals surface area contributed by atoms with Crippen molar-refractivity contribution in [1.82, 2.24) is 10.2 Å². The first kappa shape index (κ1) is 21.9. The molecule has 3 aromatic carbocycles. The second-order valence-corrected chi connectivity index (χ2v) is 9.94. The van der Waals surface area contributed by atoms with Crippen LogP contribution < -0.4 is 19.1 Å². The van der Waals surface area contributed by atoms with Crippen LogP contribution in [0, 0.1) is 6.92 Å². The maximum atomic E-state index is 14.4. The van der Waals surface area contributed by atoms with Gasteiger partial charge in [0.1, 0.15) is 22.3 Å². The number of hydrogen-bond acceptors (Lipinski definition) is 8. The van der Waals surface area contributed by atoms with Crippen LogP contribution in [0.4, 0.5) is 5.13 Å². The number of ether oxygens (including phenoxy) is 1. The van der Waals surface area contributed by atoms with E-state index in [1.807, 2.05) is 55.5 Å². The lowest BCUT2D eigenvalue weighted by Crippen LogP contribution is -2.18. The Bertz CT molecular complexity index is 1140. The summed E-state index contributed by atoms with van der Waals surface area (Å²) in [5.74, 6) is 0.684. The van der Waals surface area contributed by atoms with E-state index in [1.54, 1.807) is 43.5 Å². The van der Waals surface area contributed by atoms with Crippen LogP contribution in [-0.4, -0.2) is 17.3 Å². The van der Waals surface area contributed by atoms with Gasteiger partial charge < -0.3 is 19.1 Å². The molecule has 0 spiro atoms. The van der Waals surface area contributed by atoms with Crippen molar-refractivity contribution in [3.8, 4) is 17.2 Å². The fourth-order valence-electron chi connectivity index (χ4n) is 2.98. The number of nitrogens with one attached hydrogen (secondary N) is 1. The predicted octanol–water partition coefficient (Wildman–Crippen LogP) is 6.32. The van der Waals surface area contributed by atoms with Crippen molar-refractivity contribution in [1.29, 1.82) is 0 Å². The van der Waals surface area contributed by atoms with Crippen LogP contribution in [0.1, 0.15) is 16.4 Å². The van der Waals surface area contributed by atoms with Crippen LogP contribution >= 0.6 is 18.9 Å². The lowest BCUT2D eigenvalue weighted by Gasteiger charge is -2.28. The van der Waals surface area contributed by atoms with Crippen molar-refractivity contribution in [3.63, 3.8) is 0 Å². The molecule has 0 bridgehead atoms. The highest BCUT2D eigenvalue weighted by atomic mass is 32.1. The van der Waals surface area contributed by atoms with Gasteiger partial charge in [-0.1, -0.05) is 59.9 Å². The third-order valence-electron chi connectivity index (χ3n) is 4.49. The van der Waals surface area contributed by atoms with Crippen molar-refractivity contribution >= 4 is 24.1 Å². The minimum Gasteiger partial charge on any atom is -0.497 e. The Morgan fingerprint density at radius 2 is 1.38 bits per heavy atom. The number of aryl methyl sites for hydroxylation is 1. The van der Waals surface area contributed by atoms with Gasteiger partial charge in [-0.2, -0.15) is 0 Å². The summed E-state index contributed by atoms with van der Waals surface area (Å²) in [6.07, 6.45) is 0. The van der Waals surface area contributed by atoms with Crippen LogP contribution in [0.25, 0.3) is 0 Å². The number of rotatable bonds is 9. The average Bonchev–Trinajstić information content (AvgIpc) is 3.23. The summed E-state index contributed by atoms with van der Waals surface area (Å²) in [6.45, 7) is 1.85. The molecule has 0 fully saturated rings. The van der Waals surface area contributed by atoms with Gasteiger partial charge in [0.05, 0.1) is 7.11 Å². The molecule has 164 valence electrons. The molecule has 4 aromatic rings. The van der Waals surface area contributed by atoms with E-state index in [-0.39, 0.29) is 0 Å². The molecule has 0 aliphatic rings. The normalized spacial score (nSPS) is 12.1. The van der Waals surface area contributed by atoms with Gasteiger partial charge in [-0.25, -0.2) is 4.57 Å². The molecule has 1 aromatic heterocycles. The van der Waals surface area contributed by atoms with Gasteiger partial charge in [0.15, 0.2) is 5.78 Å². The van der Waals surface area contributed by atoms with E-state index in [4.69, 9.17) is 13.8 Å². The molecule has 1 heterocycles. The second kappa shape index (κ2) is 9.85. The lowest BCUT2D eigenvalue weighted by atomic mass is 10.2. The van der Waals surface area contributed by atoms with E-state index in [0.717, 1.165) is 5.01 Å². The van der Waals surface area contributed by atoms with E-state index >= 15 is 0 Å². The third kappa shape index (κ3) is 5.28. The Kier molecular flexibility index (Phi) is 6.73. The van der Waals surface area contributed by atoms with Crippen LogP contribution in [0.3, 0.4) is 0 Å². The number of nitrogens with zero attached hydrogens (tertiary/aromatic N) is 2. The topological polar surface area (TPSA) is 82.6 Å². The van der Waals surface area contributed by atoms with Crippen LogP contribution in [-0.2, 0) is 4.57 Å². The maximum absolute atomic E-state index is 14.4. The summed E-state index contributed by atoms with van der Waals surface area (Å²) in [5.41, 5.74) is 0.689. The van der Waals surface area contributed by atoms with Crippen molar-refractivity contribution in [3.05, 3.63) is 95.5 Å². The summed E-state index contributed by atoms with van der Waals surface area (Å²) in [4.78, 5) is 0. The lowest BCUT2D eigenvalue weighted by molar-refractivity contribution is 0.376. The van der Waals surface area contributed by atoms with Crippen molar-refractivity contribution in [2.75, 3.05) is 12.4 Å². The molecule has 4 rings (SSSR count). The molecular weight excluding hydrogens is 445 g/mol. The summed E-state index contributed by atoms with van der Waals surface area (Å²) in [7, 11) is -2.29. The highest BCUT2D eigenvalue weighted by Gasteiger charge is 2.41. The molecule has 32 heavy (non-hydrogen) atoms. The fraction of sp³-hybridized carbons (Fsp3) is 0.130. The summed E-state index contributed by atoms with van der Waals surface area (Å²) < 4.78 is 31.8. The molecule has 7 nitrogen and oxygen atoms in total. The Labute approximate surface area is 190 Å². The summed E-state index contributed by atoms with van der Waals surface area (Å²) in [6, 6.07) is 25.1. The number of hydrogen-bond donors (Lipinski definition) is 1. The minimum absolute atomic E-state index is 0.431. The first-order valence-corrected chi connectivity index (χ1v) is 12.3. The fourth-order valence-corrected chi connectivity index (χ4v) is 5.59. The first-order chi connectivity index (χ1) is 15.6. The molecule has 0 aliphatic heterocycles. The van der Waals surface area contributed by atoms with Crippen molar-refractivity contribution < 1.29 is 18.3 Å². The molecule has 0 aliphatic carbocycles. The van der Waals surface area contributed by atoms with Crippen molar-refractivity contribution in [2.24, 2.45) is 0 Å². The standard InChI is InChI=1S/C23H22N3O4PS/c1-17-25-26-23(32-17)24-22(18-13-15-19(28-2)16-14-18)31(27,29-20-9-5-3-6-10-20)30-21-11-7-4-8-12-21/h3-16,22H,1-2H3,(H,24,26). The number of benzene rings is 3. The minimum atomic E-state index is -3.89. The highest BCUT2D eigenvalue weighted by molar-refractivity contribution is 7.55. The Balaban J connectivity index is 1.78. The summed E-state index contributed by atoms with van der Waals surface area (Å²) >= 11 is 1.36. The SMILES string of the molecule is COc1ccc(C(Nc2nnc(C)s2)P(=O)(Oc2ccccc2)Oc2ccccc2)cc1. The zero-order chi connectivity index (χ0) is 22.4. The van der Waals surface area contributed by atoms with Gasteiger partial charge in [0.2, 0.25) is 5.13 Å². The van der Waals surface area contributed by atoms with Crippen LogP contribution in [0.2, 0.25) is 0 Å². The first-order valence-electron chi connectivity index (χ1n) is 9.85. The smallest absolute Gasteiger partial charge is 0.457 e. The van der Waals surface area contributed by atoms with Gasteiger partial charge in [-0.05, 0) is 48.9 Å². The Morgan fingerprint density at radius 1 is 0.812 bits per heavy atom. The number of para-hydroxylation sites is 2. The van der Waals surface area contributed by atoms with Crippen LogP contribution in [0.15, 0.2) is 84.9 Å². The second-order valence-electron chi connectivity index (χ2n) is 6.79. The Hall–Kier alpha value is -3.35. The number of methoxy groups -OCH3 is 1. The number of aromatic nitrogens is 2. The molecule has 1 unspecified atom stereocenters. The molecule has 0 saturated carbocycles. The average molecular weight is 467 g/mol. The monoisotopic (exact) mass is 467 g/mol. The molecule has 0 saturated heterocycles. The molecule has 9 heteroatoms. The van der Waals surface area contributed by atoms with Crippen molar-refractivity contribution in [2.45, 2.75) is 12.7 Å². The molecule has 1 N–H and O–H groups in total. The van der Waals surface area contributed by atoms with Gasteiger partial charge in [0.25, 0.3) is 0 Å². The zero-order valence-electron chi connectivity index (χ0n) is 17.5. The zero-order valence-corrected chi connectivity index (χ0v) is 19.3. The van der Waals surface area contributed by atoms with Gasteiger partial charge in [-0.3, -0.25) is 0 Å². The van der Waals surface area contributed by atoms with Gasteiger partial charge in [0, 0.05) is 0 Å². The quantitative estimate of drug-likeness (QED) is 0.289. The van der Waals surface area contributed by atoms with Crippen LogP contribution in [0.5, 0.6) is 17.2 Å². The molecule has 0 amide bonds. The Morgan fingerprint density at radius 3 is 1.84 bits per heavy atom. The largest absolute Gasteiger partial charge is 0.497 e. The molecule has 0 radical (unpaired) electrons. The van der Waals surface area contributed by atoms with E-state index in [1.165, 1.54) is 11.3 Å². The molecular formula is C23H22N3O4PS. The molecule has 1 atom stereocenters. The third-order valence-corrected chi connectivity index (χ3v) is 7.25. The van der Waals surface area contributed by atoms with Gasteiger partial charge in [-0.15, -0.1) is 10.2 Å². The van der Waals surface area contributed by atoms with E-state index in [9.17, 15) is 4.57 Å². The van der Waals surface area contributed by atoms with Gasteiger partial charge >= 0.3 is 7.60 Å². The highest BCUT2D eigenvalue weighted by Crippen LogP contribution is 2.60. The maximum Gasteiger partial charge on any atom is 0.457 e.